The number of aryl methyl sites for hydroxylation is 1. The minimum absolute atomic E-state index is 0.00781. The highest BCUT2D eigenvalue weighted by Crippen LogP contribution is 2.37. The first-order chi connectivity index (χ1) is 11.6. The molecule has 24 heavy (non-hydrogen) atoms. The monoisotopic (exact) mass is 329 g/mol. The van der Waals surface area contributed by atoms with Crippen molar-refractivity contribution in [3.05, 3.63) is 41.3 Å². The molecule has 5 heteroatoms. The molecule has 0 aliphatic heterocycles. The Morgan fingerprint density at radius 1 is 1.25 bits per heavy atom. The van der Waals surface area contributed by atoms with Gasteiger partial charge in [-0.3, -0.25) is 0 Å². The van der Waals surface area contributed by atoms with Gasteiger partial charge in [0.25, 0.3) is 0 Å². The Labute approximate surface area is 142 Å². The molecule has 0 unspecified atom stereocenters. The van der Waals surface area contributed by atoms with Crippen LogP contribution in [0.3, 0.4) is 0 Å². The summed E-state index contributed by atoms with van der Waals surface area (Å²) in [4.78, 5) is 11.7. The van der Waals surface area contributed by atoms with E-state index in [2.05, 4.69) is 12.1 Å². The zero-order valence-electron chi connectivity index (χ0n) is 14.4. The molecule has 1 aliphatic carbocycles. The van der Waals surface area contributed by atoms with E-state index in [0.717, 1.165) is 31.2 Å². The summed E-state index contributed by atoms with van der Waals surface area (Å²) in [5, 5.41) is 9.02. The van der Waals surface area contributed by atoms with E-state index in [0.29, 0.717) is 11.7 Å². The molecule has 1 fully saturated rings. The molecular formula is C19H23NO4. The van der Waals surface area contributed by atoms with Crippen LogP contribution >= 0.6 is 0 Å². The summed E-state index contributed by atoms with van der Waals surface area (Å²) in [6.07, 6.45) is 5.09. The fourth-order valence-corrected chi connectivity index (χ4v) is 2.98. The van der Waals surface area contributed by atoms with Gasteiger partial charge in [-0.25, -0.2) is 4.79 Å². The molecule has 0 amide bonds. The predicted octanol–water partition coefficient (Wildman–Crippen LogP) is 3.83. The maximum Gasteiger partial charge on any atom is 0.377 e. The molecule has 0 radical (unpaired) electrons. The van der Waals surface area contributed by atoms with Gasteiger partial charge in [-0.2, -0.15) is 5.26 Å². The molecular weight excluding hydrogens is 306 g/mol. The van der Waals surface area contributed by atoms with E-state index >= 15 is 0 Å². The van der Waals surface area contributed by atoms with Gasteiger partial charge in [-0.1, -0.05) is 12.1 Å². The Hall–Kier alpha value is -2.48. The minimum atomic E-state index is -0.587. The number of hydrogen-bond acceptors (Lipinski definition) is 5. The van der Waals surface area contributed by atoms with Crippen LogP contribution in [-0.4, -0.2) is 20.2 Å². The normalized spacial score (nSPS) is 20.8. The van der Waals surface area contributed by atoms with Crippen molar-refractivity contribution in [3.63, 3.8) is 0 Å². The number of methoxy groups -OCH3 is 2. The van der Waals surface area contributed by atoms with Crippen LogP contribution in [0.1, 0.15) is 42.7 Å². The van der Waals surface area contributed by atoms with Gasteiger partial charge >= 0.3 is 5.97 Å². The molecule has 5 nitrogen and oxygen atoms in total. The van der Waals surface area contributed by atoms with Crippen molar-refractivity contribution in [3.8, 4) is 11.8 Å². The molecule has 0 bridgehead atoms. The number of nitrogens with zero attached hydrogens (tertiary/aromatic N) is 1. The molecule has 128 valence electrons. The highest BCUT2D eigenvalue weighted by molar-refractivity contribution is 5.86. The number of hydrogen-bond donors (Lipinski definition) is 0. The zero-order valence-corrected chi connectivity index (χ0v) is 14.4. The number of benzene rings is 1. The van der Waals surface area contributed by atoms with Crippen LogP contribution in [-0.2, 0) is 14.3 Å². The van der Waals surface area contributed by atoms with Crippen LogP contribution in [0.4, 0.5) is 0 Å². The van der Waals surface area contributed by atoms with Gasteiger partial charge in [0.05, 0.1) is 20.3 Å². The maximum absolute atomic E-state index is 11.7. The highest BCUT2D eigenvalue weighted by Gasteiger charge is 2.23. The van der Waals surface area contributed by atoms with E-state index in [1.54, 1.807) is 0 Å². The van der Waals surface area contributed by atoms with E-state index in [9.17, 15) is 4.79 Å². The molecule has 2 rings (SSSR count). The van der Waals surface area contributed by atoms with Gasteiger partial charge in [0.2, 0.25) is 5.76 Å². The van der Waals surface area contributed by atoms with Crippen LogP contribution in [0, 0.1) is 24.2 Å². The van der Waals surface area contributed by atoms with Gasteiger partial charge in [0.1, 0.15) is 12.0 Å². The van der Waals surface area contributed by atoms with Crippen molar-refractivity contribution in [2.75, 3.05) is 14.2 Å². The molecule has 1 aromatic rings. The molecule has 0 heterocycles. The Kier molecular flexibility index (Phi) is 6.25. The SMILES string of the molecule is CO/C=C(\Oc1cc(C2CCC(C#N)CC2)ccc1C)C(=O)OC. The second-order valence-electron chi connectivity index (χ2n) is 6.01. The first-order valence-electron chi connectivity index (χ1n) is 8.08. The first-order valence-corrected chi connectivity index (χ1v) is 8.08. The van der Waals surface area contributed by atoms with E-state index in [1.807, 2.05) is 19.1 Å². The average molecular weight is 329 g/mol. The van der Waals surface area contributed by atoms with Crippen molar-refractivity contribution in [1.82, 2.24) is 0 Å². The Morgan fingerprint density at radius 2 is 1.96 bits per heavy atom. The fourth-order valence-electron chi connectivity index (χ4n) is 2.98. The number of rotatable bonds is 5. The average Bonchev–Trinajstić information content (AvgIpc) is 2.62. The van der Waals surface area contributed by atoms with Gasteiger partial charge < -0.3 is 14.2 Å². The number of carbonyl (C=O) groups is 1. The first kappa shape index (κ1) is 17.9. The van der Waals surface area contributed by atoms with E-state index < -0.39 is 5.97 Å². The highest BCUT2D eigenvalue weighted by atomic mass is 16.6. The summed E-state index contributed by atoms with van der Waals surface area (Å²) in [6, 6.07) is 8.41. The topological polar surface area (TPSA) is 68.5 Å². The molecule has 0 N–H and O–H groups in total. The molecule has 1 saturated carbocycles. The molecule has 0 aromatic heterocycles. The number of esters is 1. The summed E-state index contributed by atoms with van der Waals surface area (Å²) in [5.41, 5.74) is 2.10. The lowest BCUT2D eigenvalue weighted by atomic mass is 9.79. The van der Waals surface area contributed by atoms with Crippen LogP contribution < -0.4 is 4.74 Å². The van der Waals surface area contributed by atoms with Crippen LogP contribution in [0.2, 0.25) is 0 Å². The fraction of sp³-hybridized carbons (Fsp3) is 0.474. The predicted molar refractivity (Wildman–Crippen MR) is 89.2 cm³/mol. The Bertz CT molecular complexity index is 652. The second kappa shape index (κ2) is 8.39. The van der Waals surface area contributed by atoms with Crippen LogP contribution in [0.15, 0.2) is 30.2 Å². The lowest BCUT2D eigenvalue weighted by Crippen LogP contribution is -2.13. The van der Waals surface area contributed by atoms with Crippen molar-refractivity contribution >= 4 is 5.97 Å². The third kappa shape index (κ3) is 4.29. The van der Waals surface area contributed by atoms with Crippen molar-refractivity contribution in [1.29, 1.82) is 5.26 Å². The third-order valence-corrected chi connectivity index (χ3v) is 4.42. The zero-order chi connectivity index (χ0) is 17.5. The third-order valence-electron chi connectivity index (χ3n) is 4.42. The molecule has 1 aromatic carbocycles. The van der Waals surface area contributed by atoms with Crippen LogP contribution in [0.25, 0.3) is 0 Å². The smallest absolute Gasteiger partial charge is 0.377 e. The lowest BCUT2D eigenvalue weighted by Gasteiger charge is -2.25. The standard InChI is InChI=1S/C19H23NO4/c1-13-4-7-16(15-8-5-14(11-20)6-9-15)10-17(13)24-18(12-22-2)19(21)23-3/h4,7,10,12,14-15H,5-6,8-9H2,1-3H3/b18-12-. The van der Waals surface area contributed by atoms with Crippen molar-refractivity contribution < 1.29 is 19.0 Å². The molecule has 0 spiro atoms. The number of ether oxygens (including phenoxy) is 3. The summed E-state index contributed by atoms with van der Waals surface area (Å²) in [7, 11) is 2.75. The summed E-state index contributed by atoms with van der Waals surface area (Å²) in [5.74, 6) is 0.636. The Balaban J connectivity index is 2.18. The summed E-state index contributed by atoms with van der Waals surface area (Å²) in [6.45, 7) is 1.92. The van der Waals surface area contributed by atoms with Gasteiger partial charge in [0, 0.05) is 5.92 Å². The molecule has 1 aliphatic rings. The van der Waals surface area contributed by atoms with Crippen molar-refractivity contribution in [2.45, 2.75) is 38.5 Å². The molecule has 0 saturated heterocycles. The lowest BCUT2D eigenvalue weighted by molar-refractivity contribution is -0.138. The second-order valence-corrected chi connectivity index (χ2v) is 6.01. The quantitative estimate of drug-likeness (QED) is 0.466. The Morgan fingerprint density at radius 3 is 2.54 bits per heavy atom. The van der Waals surface area contributed by atoms with E-state index in [-0.39, 0.29) is 11.7 Å². The number of nitriles is 1. The van der Waals surface area contributed by atoms with Gasteiger partial charge in [-0.15, -0.1) is 0 Å². The summed E-state index contributed by atoms with van der Waals surface area (Å²) >= 11 is 0. The minimum Gasteiger partial charge on any atom is -0.500 e. The summed E-state index contributed by atoms with van der Waals surface area (Å²) < 4.78 is 15.3. The van der Waals surface area contributed by atoms with E-state index in [1.165, 1.54) is 26.0 Å². The van der Waals surface area contributed by atoms with Crippen LogP contribution in [0.5, 0.6) is 5.75 Å². The number of carbonyl (C=O) groups excluding carboxylic acids is 1. The van der Waals surface area contributed by atoms with Gasteiger partial charge in [0.15, 0.2) is 0 Å². The largest absolute Gasteiger partial charge is 0.500 e. The van der Waals surface area contributed by atoms with E-state index in [4.69, 9.17) is 19.5 Å². The molecule has 0 atom stereocenters. The van der Waals surface area contributed by atoms with Crippen molar-refractivity contribution in [2.24, 2.45) is 5.92 Å². The van der Waals surface area contributed by atoms with Gasteiger partial charge in [-0.05, 0) is 55.7 Å². The maximum atomic E-state index is 11.7.